The zero-order valence-electron chi connectivity index (χ0n) is 23.7. The largest absolute Gasteiger partial charge is 0.490 e. The van der Waals surface area contributed by atoms with Gasteiger partial charge in [-0.3, -0.25) is 14.7 Å². The summed E-state index contributed by atoms with van der Waals surface area (Å²) in [4.78, 5) is 21.0. The average molecular weight is 575 g/mol. The van der Waals surface area contributed by atoms with Gasteiger partial charge in [0.15, 0.2) is 16.7 Å². The van der Waals surface area contributed by atoms with E-state index in [4.69, 9.17) is 14.5 Å². The highest BCUT2D eigenvalue weighted by atomic mass is 32.2. The maximum absolute atomic E-state index is 13.8. The van der Waals surface area contributed by atoms with E-state index in [1.54, 1.807) is 4.90 Å². The van der Waals surface area contributed by atoms with Crippen molar-refractivity contribution in [3.8, 4) is 11.5 Å². The number of rotatable bonds is 12. The third-order valence-electron chi connectivity index (χ3n) is 6.65. The van der Waals surface area contributed by atoms with Crippen LogP contribution in [0.3, 0.4) is 0 Å². The van der Waals surface area contributed by atoms with Gasteiger partial charge in [-0.2, -0.15) is 0 Å². The maximum Gasteiger partial charge on any atom is 0.267 e. The van der Waals surface area contributed by atoms with E-state index in [1.807, 2.05) is 122 Å². The normalized spacial score (nSPS) is 14.9. The van der Waals surface area contributed by atoms with Crippen LogP contribution in [0.1, 0.15) is 34.7 Å². The molecule has 0 spiro atoms. The predicted molar refractivity (Wildman–Crippen MR) is 172 cm³/mol. The Morgan fingerprint density at radius 3 is 2.14 bits per heavy atom. The molecular formula is C36H34N2O3S. The van der Waals surface area contributed by atoms with Crippen molar-refractivity contribution in [1.29, 1.82) is 0 Å². The Labute approximate surface area is 252 Å². The van der Waals surface area contributed by atoms with Crippen LogP contribution < -0.4 is 9.47 Å². The fraction of sp³-hybridized carbons (Fsp3) is 0.167. The first-order valence-corrected chi connectivity index (χ1v) is 14.9. The Morgan fingerprint density at radius 2 is 1.50 bits per heavy atom. The van der Waals surface area contributed by atoms with Gasteiger partial charge in [-0.1, -0.05) is 97.1 Å². The summed E-state index contributed by atoms with van der Waals surface area (Å²) in [6.07, 6.45) is 4.38. The number of allylic oxidation sites excluding steroid dienone is 1. The summed E-state index contributed by atoms with van der Waals surface area (Å²) in [6.45, 7) is 7.77. The number of hydrogen-bond donors (Lipinski definition) is 0. The van der Waals surface area contributed by atoms with Crippen LogP contribution in [0.25, 0.3) is 6.08 Å². The summed E-state index contributed by atoms with van der Waals surface area (Å²) in [5.74, 6) is 1.28. The molecule has 4 aromatic rings. The van der Waals surface area contributed by atoms with Crippen molar-refractivity contribution in [1.82, 2.24) is 4.90 Å². The number of benzene rings is 4. The highest BCUT2D eigenvalue weighted by molar-refractivity contribution is 8.18. The van der Waals surface area contributed by atoms with Gasteiger partial charge in [-0.15, -0.1) is 6.58 Å². The lowest BCUT2D eigenvalue weighted by Crippen LogP contribution is -2.28. The van der Waals surface area contributed by atoms with E-state index in [-0.39, 0.29) is 5.91 Å². The van der Waals surface area contributed by atoms with E-state index >= 15 is 0 Å². The van der Waals surface area contributed by atoms with Crippen LogP contribution in [0.15, 0.2) is 126 Å². The fourth-order valence-corrected chi connectivity index (χ4v) is 5.63. The Hall–Kier alpha value is -4.55. The SMILES string of the molecule is C=CCc1cc(/C=C2/SC(=NCc3ccccc3)N(Cc3ccccc3)C2=O)cc(OCC)c1OCc1ccccc1. The number of thioether (sulfide) groups is 1. The molecule has 4 aromatic carbocycles. The third kappa shape index (κ3) is 7.39. The van der Waals surface area contributed by atoms with Crippen LogP contribution in [0.4, 0.5) is 0 Å². The van der Waals surface area contributed by atoms with Gasteiger partial charge in [0.25, 0.3) is 5.91 Å². The van der Waals surface area contributed by atoms with Crippen LogP contribution in [-0.4, -0.2) is 22.6 Å². The lowest BCUT2D eigenvalue weighted by molar-refractivity contribution is -0.122. The standard InChI is InChI=1S/C36H34N2O3S/c1-3-14-31-21-30(22-32(40-4-2)34(31)41-26-29-19-12-7-13-20-29)23-33-35(39)38(25-28-17-10-6-11-18-28)36(42-33)37-24-27-15-8-5-9-16-27/h3,5-13,15-23H,1,4,14,24-26H2,2H3/b33-23+,37-36?. The third-order valence-corrected chi connectivity index (χ3v) is 7.70. The number of amides is 1. The summed E-state index contributed by atoms with van der Waals surface area (Å²) < 4.78 is 12.3. The van der Waals surface area contributed by atoms with Crippen molar-refractivity contribution in [2.24, 2.45) is 4.99 Å². The van der Waals surface area contributed by atoms with E-state index in [2.05, 4.69) is 6.58 Å². The van der Waals surface area contributed by atoms with Crippen molar-refractivity contribution in [3.63, 3.8) is 0 Å². The van der Waals surface area contributed by atoms with Gasteiger partial charge in [0.1, 0.15) is 6.61 Å². The number of ether oxygens (including phenoxy) is 2. The Balaban J connectivity index is 1.47. The monoisotopic (exact) mass is 574 g/mol. The van der Waals surface area contributed by atoms with Crippen molar-refractivity contribution in [2.75, 3.05) is 6.61 Å². The maximum atomic E-state index is 13.8. The summed E-state index contributed by atoms with van der Waals surface area (Å²) in [6, 6.07) is 34.1. The van der Waals surface area contributed by atoms with E-state index < -0.39 is 0 Å². The first-order chi connectivity index (χ1) is 20.6. The second-order valence-electron chi connectivity index (χ2n) is 9.78. The number of carbonyl (C=O) groups is 1. The van der Waals surface area contributed by atoms with Gasteiger partial charge >= 0.3 is 0 Å². The minimum atomic E-state index is -0.0664. The molecule has 1 aliphatic rings. The van der Waals surface area contributed by atoms with Gasteiger partial charge in [0.05, 0.1) is 24.6 Å². The zero-order valence-corrected chi connectivity index (χ0v) is 24.6. The number of nitrogens with zero attached hydrogens (tertiary/aromatic N) is 2. The predicted octanol–water partition coefficient (Wildman–Crippen LogP) is 8.07. The number of aliphatic imine (C=N–C) groups is 1. The first kappa shape index (κ1) is 29.0. The molecule has 212 valence electrons. The molecule has 1 amide bonds. The van der Waals surface area contributed by atoms with Crippen molar-refractivity contribution >= 4 is 28.9 Å². The van der Waals surface area contributed by atoms with Gasteiger partial charge in [0.2, 0.25) is 0 Å². The van der Waals surface area contributed by atoms with Crippen molar-refractivity contribution in [2.45, 2.75) is 33.0 Å². The molecule has 0 bridgehead atoms. The van der Waals surface area contributed by atoms with Crippen molar-refractivity contribution < 1.29 is 14.3 Å². The van der Waals surface area contributed by atoms with Crippen molar-refractivity contribution in [3.05, 3.63) is 149 Å². The minimum Gasteiger partial charge on any atom is -0.490 e. The molecule has 6 heteroatoms. The highest BCUT2D eigenvalue weighted by Gasteiger charge is 2.33. The number of hydrogen-bond acceptors (Lipinski definition) is 5. The van der Waals surface area contributed by atoms with Crippen LogP contribution in [-0.2, 0) is 30.9 Å². The van der Waals surface area contributed by atoms with E-state index in [0.717, 1.165) is 27.8 Å². The molecular weight excluding hydrogens is 540 g/mol. The highest BCUT2D eigenvalue weighted by Crippen LogP contribution is 2.38. The molecule has 0 N–H and O–H groups in total. The molecule has 1 heterocycles. The van der Waals surface area contributed by atoms with E-state index in [1.165, 1.54) is 11.8 Å². The Bertz CT molecular complexity index is 1570. The molecule has 0 saturated carbocycles. The first-order valence-electron chi connectivity index (χ1n) is 14.1. The van der Waals surface area contributed by atoms with Crippen LogP contribution >= 0.6 is 11.8 Å². The lowest BCUT2D eigenvalue weighted by Gasteiger charge is -2.17. The van der Waals surface area contributed by atoms with Gasteiger partial charge in [-0.25, -0.2) is 0 Å². The van der Waals surface area contributed by atoms with Gasteiger partial charge < -0.3 is 9.47 Å². The van der Waals surface area contributed by atoms with Crippen LogP contribution in [0.2, 0.25) is 0 Å². The summed E-state index contributed by atoms with van der Waals surface area (Å²) >= 11 is 1.41. The quantitative estimate of drug-likeness (QED) is 0.127. The molecule has 1 aliphatic heterocycles. The van der Waals surface area contributed by atoms with Gasteiger partial charge in [-0.05, 0) is 65.6 Å². The molecule has 0 radical (unpaired) electrons. The number of amidine groups is 1. The topological polar surface area (TPSA) is 51.1 Å². The van der Waals surface area contributed by atoms with E-state index in [9.17, 15) is 4.79 Å². The Kier molecular flexibility index (Phi) is 9.91. The molecule has 5 rings (SSSR count). The Morgan fingerprint density at radius 1 is 0.857 bits per heavy atom. The molecule has 0 unspecified atom stereocenters. The van der Waals surface area contributed by atoms with Crippen LogP contribution in [0.5, 0.6) is 11.5 Å². The fourth-order valence-electron chi connectivity index (χ4n) is 4.66. The molecule has 0 aliphatic carbocycles. The second kappa shape index (κ2) is 14.4. The summed E-state index contributed by atoms with van der Waals surface area (Å²) in [5.41, 5.74) is 5.03. The second-order valence-corrected chi connectivity index (χ2v) is 10.8. The zero-order chi connectivity index (χ0) is 29.1. The summed E-state index contributed by atoms with van der Waals surface area (Å²) in [5, 5.41) is 0.693. The summed E-state index contributed by atoms with van der Waals surface area (Å²) in [7, 11) is 0. The average Bonchev–Trinajstić information content (AvgIpc) is 3.30. The lowest BCUT2D eigenvalue weighted by atomic mass is 10.0. The smallest absolute Gasteiger partial charge is 0.267 e. The van der Waals surface area contributed by atoms with E-state index in [0.29, 0.717) is 54.3 Å². The molecule has 1 saturated heterocycles. The van der Waals surface area contributed by atoms with Gasteiger partial charge in [0, 0.05) is 5.56 Å². The molecule has 1 fully saturated rings. The molecule has 0 atom stereocenters. The number of carbonyl (C=O) groups excluding carboxylic acids is 1. The minimum absolute atomic E-state index is 0.0664. The molecule has 5 nitrogen and oxygen atoms in total. The van der Waals surface area contributed by atoms with Crippen LogP contribution in [0, 0.1) is 0 Å². The molecule has 0 aromatic heterocycles. The molecule has 42 heavy (non-hydrogen) atoms.